The summed E-state index contributed by atoms with van der Waals surface area (Å²) in [5.74, 6) is -6.65. The highest BCUT2D eigenvalue weighted by Gasteiger charge is 2.31. The number of carbonyl (C=O) groups excluding carboxylic acids is 4. The van der Waals surface area contributed by atoms with Crippen molar-refractivity contribution in [3.8, 4) is 0 Å². The lowest BCUT2D eigenvalue weighted by atomic mass is 10.1. The van der Waals surface area contributed by atoms with Gasteiger partial charge in [0.15, 0.2) is 0 Å². The number of carboxylic acid groups (broad SMARTS) is 2. The van der Waals surface area contributed by atoms with Gasteiger partial charge in [-0.15, -0.1) is 0 Å². The molecule has 0 aliphatic rings. The van der Waals surface area contributed by atoms with E-state index in [2.05, 4.69) is 38.5 Å². The first-order valence-electron chi connectivity index (χ1n) is 9.92. The molecule has 15 nitrogen and oxygen atoms in total. The minimum Gasteiger partial charge on any atom is -0.481 e. The predicted octanol–water partition coefficient (Wildman–Crippen LogP) is -3.51. The molecule has 4 unspecified atom stereocenters. The Bertz CT molecular complexity index is 895. The maximum atomic E-state index is 12.6. The number of amides is 4. The molecule has 0 aromatic carbocycles. The van der Waals surface area contributed by atoms with Crippen LogP contribution in [0, 0.1) is 0 Å². The number of carboxylic acids is 2. The quantitative estimate of drug-likeness (QED) is 0.107. The number of hydrogen-bond acceptors (Lipinski definition) is 9. The molecule has 1 heterocycles. The Morgan fingerprint density at radius 1 is 1.00 bits per heavy atom. The van der Waals surface area contributed by atoms with Crippen molar-refractivity contribution in [2.45, 2.75) is 49.9 Å². The Hall–Kier alpha value is -3.66. The van der Waals surface area contributed by atoms with Gasteiger partial charge in [-0.25, -0.2) is 9.78 Å². The SMILES string of the molecule is NC(=O)CC(NC(=O)C(CS)NC(=O)C(N)Cc1cnc[nH]1)C(=O)NC(CCC(=O)O)C(=O)O. The number of H-pyrrole nitrogens is 1. The third kappa shape index (κ3) is 9.86. The molecule has 0 fully saturated rings. The minimum absolute atomic E-state index is 0.104. The molecular formula is C18H27N7O8S. The maximum Gasteiger partial charge on any atom is 0.326 e. The van der Waals surface area contributed by atoms with E-state index in [-0.39, 0.29) is 12.2 Å². The molecule has 1 aromatic rings. The summed E-state index contributed by atoms with van der Waals surface area (Å²) in [6.07, 6.45) is 1.32. The second-order valence-corrected chi connectivity index (χ2v) is 7.56. The zero-order chi connectivity index (χ0) is 25.8. The number of aromatic amines is 1. The van der Waals surface area contributed by atoms with E-state index in [1.54, 1.807) is 0 Å². The van der Waals surface area contributed by atoms with Gasteiger partial charge in [-0.05, 0) is 6.42 Å². The van der Waals surface area contributed by atoms with Crippen LogP contribution in [0.1, 0.15) is 25.0 Å². The molecule has 0 radical (unpaired) electrons. The fourth-order valence-corrected chi connectivity index (χ4v) is 2.94. The largest absolute Gasteiger partial charge is 0.481 e. The van der Waals surface area contributed by atoms with Crippen LogP contribution < -0.4 is 27.4 Å². The van der Waals surface area contributed by atoms with E-state index in [0.29, 0.717) is 5.69 Å². The monoisotopic (exact) mass is 501 g/mol. The van der Waals surface area contributed by atoms with Crippen molar-refractivity contribution >= 4 is 48.2 Å². The first-order chi connectivity index (χ1) is 15.9. The lowest BCUT2D eigenvalue weighted by Crippen LogP contribution is -2.58. The Morgan fingerprint density at radius 2 is 1.59 bits per heavy atom. The number of primary amides is 1. The van der Waals surface area contributed by atoms with Gasteiger partial charge in [-0.3, -0.25) is 24.0 Å². The molecule has 188 valence electrons. The first-order valence-corrected chi connectivity index (χ1v) is 10.6. The van der Waals surface area contributed by atoms with E-state index in [9.17, 15) is 33.9 Å². The summed E-state index contributed by atoms with van der Waals surface area (Å²) in [6.45, 7) is 0. The lowest BCUT2D eigenvalue weighted by Gasteiger charge is -2.24. The molecule has 1 aromatic heterocycles. The number of aliphatic carboxylic acids is 2. The van der Waals surface area contributed by atoms with E-state index in [0.717, 1.165) is 0 Å². The second-order valence-electron chi connectivity index (χ2n) is 7.19. The van der Waals surface area contributed by atoms with Crippen molar-refractivity contribution in [3.05, 3.63) is 18.2 Å². The van der Waals surface area contributed by atoms with Gasteiger partial charge in [0, 0.05) is 30.5 Å². The summed E-state index contributed by atoms with van der Waals surface area (Å²) in [6, 6.07) is -5.47. The van der Waals surface area contributed by atoms with Crippen LogP contribution in [0.3, 0.4) is 0 Å². The number of nitrogens with zero attached hydrogens (tertiary/aromatic N) is 1. The van der Waals surface area contributed by atoms with Crippen LogP contribution in [0.5, 0.6) is 0 Å². The Labute approximate surface area is 198 Å². The van der Waals surface area contributed by atoms with E-state index in [1.807, 2.05) is 0 Å². The molecule has 4 amide bonds. The Kier molecular flexibility index (Phi) is 11.5. The third-order valence-electron chi connectivity index (χ3n) is 4.45. The van der Waals surface area contributed by atoms with Crippen molar-refractivity contribution in [3.63, 3.8) is 0 Å². The van der Waals surface area contributed by atoms with Gasteiger partial charge in [0.2, 0.25) is 23.6 Å². The average molecular weight is 502 g/mol. The molecule has 0 saturated heterocycles. The van der Waals surface area contributed by atoms with Crippen LogP contribution in [0.2, 0.25) is 0 Å². The topological polar surface area (TPSA) is 260 Å². The fraction of sp³-hybridized carbons (Fsp3) is 0.500. The molecular weight excluding hydrogens is 474 g/mol. The number of rotatable bonds is 15. The number of imidazole rings is 1. The summed E-state index contributed by atoms with van der Waals surface area (Å²) < 4.78 is 0. The van der Waals surface area contributed by atoms with E-state index in [4.69, 9.17) is 16.6 Å². The minimum atomic E-state index is -1.59. The van der Waals surface area contributed by atoms with Gasteiger partial charge in [0.25, 0.3) is 0 Å². The second kappa shape index (κ2) is 13.8. The van der Waals surface area contributed by atoms with Crippen LogP contribution in [0.4, 0.5) is 0 Å². The summed E-state index contributed by atoms with van der Waals surface area (Å²) in [7, 11) is 0. The van der Waals surface area contributed by atoms with Gasteiger partial charge >= 0.3 is 11.9 Å². The molecule has 0 bridgehead atoms. The van der Waals surface area contributed by atoms with Gasteiger partial charge in [0.05, 0.1) is 18.8 Å². The van der Waals surface area contributed by atoms with Crippen LogP contribution in [-0.2, 0) is 35.2 Å². The van der Waals surface area contributed by atoms with Crippen molar-refractivity contribution in [2.24, 2.45) is 11.5 Å². The Morgan fingerprint density at radius 3 is 2.09 bits per heavy atom. The molecule has 0 aliphatic carbocycles. The number of carbonyl (C=O) groups is 6. The Balaban J connectivity index is 2.82. The zero-order valence-corrected chi connectivity index (χ0v) is 18.8. The standard InChI is InChI=1S/C18H27N7O8S/c19-9(3-8-5-21-7-22-8)15(29)25-12(6-34)17(31)24-11(4-13(20)26)16(30)23-10(18(32)33)1-2-14(27)28/h5,7,9-12,34H,1-4,6,19H2,(H2,20,26)(H,21,22)(H,23,30)(H,24,31)(H,25,29)(H,27,28)(H,32,33). The van der Waals surface area contributed by atoms with Gasteiger partial charge in [-0.1, -0.05) is 0 Å². The van der Waals surface area contributed by atoms with E-state index < -0.39 is 79.0 Å². The third-order valence-corrected chi connectivity index (χ3v) is 4.81. The number of nitrogens with two attached hydrogens (primary N) is 2. The first kappa shape index (κ1) is 28.4. The highest BCUT2D eigenvalue weighted by molar-refractivity contribution is 7.80. The van der Waals surface area contributed by atoms with Crippen molar-refractivity contribution in [1.29, 1.82) is 0 Å². The lowest BCUT2D eigenvalue weighted by molar-refractivity contribution is -0.143. The number of aromatic nitrogens is 2. The van der Waals surface area contributed by atoms with Crippen LogP contribution in [0.25, 0.3) is 0 Å². The molecule has 4 atom stereocenters. The molecule has 0 spiro atoms. The highest BCUT2D eigenvalue weighted by Crippen LogP contribution is 2.03. The van der Waals surface area contributed by atoms with Crippen LogP contribution in [0.15, 0.2) is 12.5 Å². The average Bonchev–Trinajstić information content (AvgIpc) is 3.26. The molecule has 10 N–H and O–H groups in total. The summed E-state index contributed by atoms with van der Waals surface area (Å²) >= 11 is 4.00. The number of nitrogens with one attached hydrogen (secondary N) is 4. The number of thiol groups is 1. The summed E-state index contributed by atoms with van der Waals surface area (Å²) in [5.41, 5.74) is 11.5. The van der Waals surface area contributed by atoms with Crippen molar-refractivity contribution in [1.82, 2.24) is 25.9 Å². The van der Waals surface area contributed by atoms with E-state index in [1.165, 1.54) is 12.5 Å². The van der Waals surface area contributed by atoms with Crippen LogP contribution >= 0.6 is 12.6 Å². The summed E-state index contributed by atoms with van der Waals surface area (Å²) in [4.78, 5) is 77.4. The molecule has 0 aliphatic heterocycles. The fourth-order valence-electron chi connectivity index (χ4n) is 2.68. The zero-order valence-electron chi connectivity index (χ0n) is 17.9. The van der Waals surface area contributed by atoms with Crippen LogP contribution in [-0.4, -0.2) is 85.7 Å². The van der Waals surface area contributed by atoms with Gasteiger partial charge in [-0.2, -0.15) is 12.6 Å². The predicted molar refractivity (Wildman–Crippen MR) is 118 cm³/mol. The summed E-state index contributed by atoms with van der Waals surface area (Å²) in [5, 5.41) is 24.6. The van der Waals surface area contributed by atoms with E-state index >= 15 is 0 Å². The van der Waals surface area contributed by atoms with Gasteiger partial charge in [0.1, 0.15) is 18.1 Å². The maximum absolute atomic E-state index is 12.6. The van der Waals surface area contributed by atoms with Gasteiger partial charge < -0.3 is 42.6 Å². The number of hydrogen-bond donors (Lipinski definition) is 9. The smallest absolute Gasteiger partial charge is 0.326 e. The molecule has 1 rings (SSSR count). The molecule has 16 heteroatoms. The van der Waals surface area contributed by atoms with Crippen molar-refractivity contribution < 1.29 is 39.0 Å². The van der Waals surface area contributed by atoms with Crippen molar-refractivity contribution in [2.75, 3.05) is 5.75 Å². The highest BCUT2D eigenvalue weighted by atomic mass is 32.1. The molecule has 34 heavy (non-hydrogen) atoms. The molecule has 0 saturated carbocycles. The normalized spacial score (nSPS) is 14.2.